The first-order valence-corrected chi connectivity index (χ1v) is 12.3. The van der Waals surface area contributed by atoms with E-state index < -0.39 is 0 Å². The standard InChI is InChI=1S/C28H28N4O4/c1-16-24(17(2)36-31-16)21-13-22-20(14-23(21)34-3)26-27(25(30-22)19-9-11-29-12-10-19)35-28(33)32(26)15-18-7-5-4-6-8-18/h4-8,13-14,19,29H,9-12,15H2,1-3H3. The fourth-order valence-electron chi connectivity index (χ4n) is 5.39. The number of benzene rings is 2. The van der Waals surface area contributed by atoms with Crippen LogP contribution in [-0.4, -0.2) is 34.9 Å². The maximum Gasteiger partial charge on any atom is 0.420 e. The Balaban J connectivity index is 1.67. The molecule has 1 fully saturated rings. The van der Waals surface area contributed by atoms with Crippen molar-refractivity contribution >= 4 is 22.0 Å². The molecule has 3 aromatic heterocycles. The summed E-state index contributed by atoms with van der Waals surface area (Å²) in [6, 6.07) is 13.9. The Labute approximate surface area is 207 Å². The lowest BCUT2D eigenvalue weighted by Gasteiger charge is -2.22. The van der Waals surface area contributed by atoms with E-state index in [0.717, 1.165) is 70.4 Å². The number of fused-ring (bicyclic) bond motifs is 3. The monoisotopic (exact) mass is 484 g/mol. The summed E-state index contributed by atoms with van der Waals surface area (Å²) in [6.07, 6.45) is 1.88. The zero-order chi connectivity index (χ0) is 24.8. The fourth-order valence-corrected chi connectivity index (χ4v) is 5.39. The minimum absolute atomic E-state index is 0.207. The van der Waals surface area contributed by atoms with Crippen molar-refractivity contribution in [3.8, 4) is 16.9 Å². The van der Waals surface area contributed by atoms with Crippen LogP contribution < -0.4 is 15.8 Å². The molecule has 2 aromatic carbocycles. The van der Waals surface area contributed by atoms with Gasteiger partial charge in [-0.2, -0.15) is 0 Å². The van der Waals surface area contributed by atoms with E-state index in [0.29, 0.717) is 23.6 Å². The maximum absolute atomic E-state index is 13.2. The molecular weight excluding hydrogens is 456 g/mol. The number of aromatic nitrogens is 3. The third kappa shape index (κ3) is 3.69. The lowest BCUT2D eigenvalue weighted by molar-refractivity contribution is 0.393. The van der Waals surface area contributed by atoms with Gasteiger partial charge in [0.15, 0.2) is 5.58 Å². The van der Waals surface area contributed by atoms with E-state index >= 15 is 0 Å². The molecule has 0 saturated carbocycles. The Bertz CT molecular complexity index is 1610. The van der Waals surface area contributed by atoms with Crippen molar-refractivity contribution in [2.75, 3.05) is 20.2 Å². The molecular formula is C28H28N4O4. The fraction of sp³-hybridized carbons (Fsp3) is 0.321. The number of methoxy groups -OCH3 is 1. The maximum atomic E-state index is 13.2. The summed E-state index contributed by atoms with van der Waals surface area (Å²) in [5, 5.41) is 8.37. The molecule has 1 N–H and O–H groups in total. The Hall–Kier alpha value is -3.91. The van der Waals surface area contributed by atoms with Gasteiger partial charge >= 0.3 is 5.76 Å². The molecule has 0 radical (unpaired) electrons. The topological polar surface area (TPSA) is 95.3 Å². The normalized spacial score (nSPS) is 14.6. The van der Waals surface area contributed by atoms with Gasteiger partial charge in [0, 0.05) is 16.9 Å². The van der Waals surface area contributed by atoms with Gasteiger partial charge in [0.1, 0.15) is 17.0 Å². The van der Waals surface area contributed by atoms with E-state index in [1.165, 1.54) is 0 Å². The molecule has 1 aliphatic heterocycles. The third-order valence-corrected chi connectivity index (χ3v) is 7.15. The smallest absolute Gasteiger partial charge is 0.420 e. The number of hydrogen-bond donors (Lipinski definition) is 1. The average Bonchev–Trinajstić information content (AvgIpc) is 3.41. The van der Waals surface area contributed by atoms with Gasteiger partial charge in [-0.3, -0.25) is 4.57 Å². The van der Waals surface area contributed by atoms with Crippen molar-refractivity contribution in [3.05, 3.63) is 75.7 Å². The number of rotatable bonds is 5. The summed E-state index contributed by atoms with van der Waals surface area (Å²) in [4.78, 5) is 18.3. The van der Waals surface area contributed by atoms with Gasteiger partial charge in [-0.05, 0) is 57.5 Å². The summed E-state index contributed by atoms with van der Waals surface area (Å²) in [5.74, 6) is 1.20. The van der Waals surface area contributed by atoms with Crippen LogP contribution in [0.5, 0.6) is 5.75 Å². The molecule has 0 aliphatic carbocycles. The van der Waals surface area contributed by atoms with Crippen LogP contribution >= 0.6 is 0 Å². The van der Waals surface area contributed by atoms with Gasteiger partial charge in [-0.25, -0.2) is 9.78 Å². The van der Waals surface area contributed by atoms with E-state index in [1.54, 1.807) is 11.7 Å². The van der Waals surface area contributed by atoms with E-state index in [4.69, 9.17) is 18.7 Å². The second-order valence-corrected chi connectivity index (χ2v) is 9.41. The first kappa shape index (κ1) is 22.5. The van der Waals surface area contributed by atoms with Crippen LogP contribution in [0.15, 0.2) is 56.2 Å². The molecule has 8 nitrogen and oxygen atoms in total. The molecule has 6 rings (SSSR count). The van der Waals surface area contributed by atoms with Crippen LogP contribution in [0.2, 0.25) is 0 Å². The Morgan fingerprint density at radius 3 is 2.61 bits per heavy atom. The molecule has 5 aromatic rings. The van der Waals surface area contributed by atoms with E-state index in [-0.39, 0.29) is 11.7 Å². The van der Waals surface area contributed by atoms with Crippen molar-refractivity contribution < 1.29 is 13.7 Å². The molecule has 1 aliphatic rings. The number of nitrogens with one attached hydrogen (secondary N) is 1. The number of piperidine rings is 1. The second kappa shape index (κ2) is 8.95. The van der Waals surface area contributed by atoms with E-state index in [2.05, 4.69) is 10.5 Å². The van der Waals surface area contributed by atoms with Crippen LogP contribution in [-0.2, 0) is 6.54 Å². The highest BCUT2D eigenvalue weighted by Crippen LogP contribution is 2.41. The largest absolute Gasteiger partial charge is 0.496 e. The Morgan fingerprint density at radius 1 is 1.14 bits per heavy atom. The number of hydrogen-bond acceptors (Lipinski definition) is 7. The summed E-state index contributed by atoms with van der Waals surface area (Å²) in [5.41, 5.74) is 6.53. The van der Waals surface area contributed by atoms with Gasteiger partial charge in [-0.15, -0.1) is 0 Å². The third-order valence-electron chi connectivity index (χ3n) is 7.15. The number of nitrogens with zero attached hydrogens (tertiary/aromatic N) is 3. The predicted molar refractivity (Wildman–Crippen MR) is 138 cm³/mol. The predicted octanol–water partition coefficient (Wildman–Crippen LogP) is 4.94. The second-order valence-electron chi connectivity index (χ2n) is 9.41. The zero-order valence-electron chi connectivity index (χ0n) is 20.6. The van der Waals surface area contributed by atoms with Crippen LogP contribution in [0.1, 0.15) is 41.5 Å². The zero-order valence-corrected chi connectivity index (χ0v) is 20.6. The van der Waals surface area contributed by atoms with Crippen LogP contribution in [0, 0.1) is 13.8 Å². The average molecular weight is 485 g/mol. The van der Waals surface area contributed by atoms with Crippen molar-refractivity contribution in [1.29, 1.82) is 0 Å². The van der Waals surface area contributed by atoms with Gasteiger partial charge in [0.25, 0.3) is 0 Å². The minimum Gasteiger partial charge on any atom is -0.496 e. The number of aryl methyl sites for hydroxylation is 2. The molecule has 0 unspecified atom stereocenters. The highest BCUT2D eigenvalue weighted by molar-refractivity contribution is 6.05. The number of pyridine rings is 1. The lowest BCUT2D eigenvalue weighted by Crippen LogP contribution is -2.27. The summed E-state index contributed by atoms with van der Waals surface area (Å²) < 4.78 is 18.9. The van der Waals surface area contributed by atoms with Gasteiger partial charge in [-0.1, -0.05) is 35.5 Å². The first-order chi connectivity index (χ1) is 17.5. The SMILES string of the molecule is COc1cc2c(cc1-c1c(C)noc1C)nc(C1CCNCC1)c1oc(=O)n(Cc3ccccc3)c12. The van der Waals surface area contributed by atoms with Crippen molar-refractivity contribution in [3.63, 3.8) is 0 Å². The van der Waals surface area contributed by atoms with Crippen molar-refractivity contribution in [2.45, 2.75) is 39.2 Å². The summed E-state index contributed by atoms with van der Waals surface area (Å²) in [7, 11) is 1.64. The van der Waals surface area contributed by atoms with Gasteiger partial charge < -0.3 is 19.0 Å². The van der Waals surface area contributed by atoms with Gasteiger partial charge in [0.05, 0.1) is 36.1 Å². The summed E-state index contributed by atoms with van der Waals surface area (Å²) >= 11 is 0. The lowest BCUT2D eigenvalue weighted by atomic mass is 9.92. The van der Waals surface area contributed by atoms with Crippen LogP contribution in [0.4, 0.5) is 0 Å². The van der Waals surface area contributed by atoms with Gasteiger partial charge in [0.2, 0.25) is 0 Å². The summed E-state index contributed by atoms with van der Waals surface area (Å²) in [6.45, 7) is 6.04. The van der Waals surface area contributed by atoms with Crippen LogP contribution in [0.25, 0.3) is 33.1 Å². The Kier molecular flexibility index (Phi) is 5.60. The minimum atomic E-state index is -0.382. The van der Waals surface area contributed by atoms with Crippen molar-refractivity contribution in [2.24, 2.45) is 0 Å². The molecule has 36 heavy (non-hydrogen) atoms. The highest BCUT2D eigenvalue weighted by Gasteiger charge is 2.27. The van der Waals surface area contributed by atoms with Crippen LogP contribution in [0.3, 0.4) is 0 Å². The van der Waals surface area contributed by atoms with E-state index in [1.807, 2.05) is 56.3 Å². The molecule has 4 heterocycles. The Morgan fingerprint density at radius 2 is 1.92 bits per heavy atom. The number of oxazole rings is 1. The number of ether oxygens (including phenoxy) is 1. The first-order valence-electron chi connectivity index (χ1n) is 12.3. The molecule has 1 saturated heterocycles. The van der Waals surface area contributed by atoms with E-state index in [9.17, 15) is 4.79 Å². The molecule has 8 heteroatoms. The van der Waals surface area contributed by atoms with Crippen molar-refractivity contribution in [1.82, 2.24) is 20.0 Å². The highest BCUT2D eigenvalue weighted by atomic mass is 16.5. The molecule has 0 bridgehead atoms. The molecule has 0 spiro atoms. The molecule has 0 amide bonds. The molecule has 184 valence electrons. The molecule has 0 atom stereocenters. The quantitative estimate of drug-likeness (QED) is 0.378.